The molecule has 0 radical (unpaired) electrons. The smallest absolute Gasteiger partial charge is 0.230 e. The Morgan fingerprint density at radius 3 is 2.52 bits per heavy atom. The summed E-state index contributed by atoms with van der Waals surface area (Å²) in [5, 5.41) is 4.25. The highest BCUT2D eigenvalue weighted by Crippen LogP contribution is 2.29. The summed E-state index contributed by atoms with van der Waals surface area (Å²) in [5.41, 5.74) is 3.21. The van der Waals surface area contributed by atoms with Crippen molar-refractivity contribution < 1.29 is 4.52 Å². The SMILES string of the molecule is CC(C)[C@H](Cc1ccccc1)c1nc(-c2cc(N3CCN(C)CC3)ccn2)no1. The molecule has 29 heavy (non-hydrogen) atoms. The number of hydrogen-bond donors (Lipinski definition) is 0. The summed E-state index contributed by atoms with van der Waals surface area (Å²) in [7, 11) is 2.16. The van der Waals surface area contributed by atoms with E-state index in [1.54, 1.807) is 0 Å². The van der Waals surface area contributed by atoms with Crippen molar-refractivity contribution in [2.45, 2.75) is 26.2 Å². The first kappa shape index (κ1) is 19.6. The van der Waals surface area contributed by atoms with Gasteiger partial charge in [-0.15, -0.1) is 0 Å². The van der Waals surface area contributed by atoms with Crippen molar-refractivity contribution in [3.05, 3.63) is 60.1 Å². The fourth-order valence-electron chi connectivity index (χ4n) is 3.77. The summed E-state index contributed by atoms with van der Waals surface area (Å²) in [5.74, 6) is 1.83. The molecule has 2 aromatic heterocycles. The van der Waals surface area contributed by atoms with Crippen LogP contribution in [0.15, 0.2) is 53.2 Å². The minimum absolute atomic E-state index is 0.180. The van der Waals surface area contributed by atoms with Crippen molar-refractivity contribution in [3.8, 4) is 11.5 Å². The van der Waals surface area contributed by atoms with Crippen LogP contribution in [0.4, 0.5) is 5.69 Å². The van der Waals surface area contributed by atoms with E-state index in [1.807, 2.05) is 12.3 Å². The zero-order valence-corrected chi connectivity index (χ0v) is 17.5. The number of pyridine rings is 1. The molecule has 0 aliphatic carbocycles. The first-order valence-electron chi connectivity index (χ1n) is 10.4. The predicted molar refractivity (Wildman–Crippen MR) is 115 cm³/mol. The monoisotopic (exact) mass is 391 g/mol. The van der Waals surface area contributed by atoms with Crippen molar-refractivity contribution >= 4 is 5.69 Å². The quantitative estimate of drug-likeness (QED) is 0.636. The fourth-order valence-corrected chi connectivity index (χ4v) is 3.77. The average Bonchev–Trinajstić information content (AvgIpc) is 3.23. The minimum Gasteiger partial charge on any atom is -0.369 e. The Kier molecular flexibility index (Phi) is 5.90. The van der Waals surface area contributed by atoms with E-state index >= 15 is 0 Å². The lowest BCUT2D eigenvalue weighted by Gasteiger charge is -2.34. The van der Waals surface area contributed by atoms with Crippen LogP contribution in [0, 0.1) is 5.92 Å². The molecule has 6 heteroatoms. The maximum Gasteiger partial charge on any atom is 0.230 e. The number of hydrogen-bond acceptors (Lipinski definition) is 6. The van der Waals surface area contributed by atoms with Crippen LogP contribution in [0.25, 0.3) is 11.5 Å². The topological polar surface area (TPSA) is 58.3 Å². The number of piperazine rings is 1. The van der Waals surface area contributed by atoms with Gasteiger partial charge in [-0.2, -0.15) is 4.98 Å². The van der Waals surface area contributed by atoms with Gasteiger partial charge in [0, 0.05) is 44.0 Å². The van der Waals surface area contributed by atoms with Crippen LogP contribution >= 0.6 is 0 Å². The Hall–Kier alpha value is -2.73. The molecule has 0 N–H and O–H groups in total. The third kappa shape index (κ3) is 4.65. The van der Waals surface area contributed by atoms with E-state index in [1.165, 1.54) is 11.3 Å². The fraction of sp³-hybridized carbons (Fsp3) is 0.435. The molecule has 0 spiro atoms. The van der Waals surface area contributed by atoms with Crippen LogP contribution in [0.2, 0.25) is 0 Å². The van der Waals surface area contributed by atoms with Crippen molar-refractivity contribution in [1.82, 2.24) is 20.0 Å². The zero-order chi connectivity index (χ0) is 20.2. The van der Waals surface area contributed by atoms with Gasteiger partial charge in [-0.25, -0.2) is 0 Å². The lowest BCUT2D eigenvalue weighted by molar-refractivity contribution is 0.313. The van der Waals surface area contributed by atoms with Gasteiger partial charge in [0.2, 0.25) is 11.7 Å². The highest BCUT2D eigenvalue weighted by molar-refractivity contribution is 5.58. The molecule has 4 rings (SSSR count). The second-order valence-corrected chi connectivity index (χ2v) is 8.19. The predicted octanol–water partition coefficient (Wildman–Crippen LogP) is 3.87. The van der Waals surface area contributed by atoms with E-state index in [0.717, 1.165) is 38.3 Å². The lowest BCUT2D eigenvalue weighted by atomic mass is 9.89. The van der Waals surface area contributed by atoms with Crippen LogP contribution in [0.3, 0.4) is 0 Å². The third-order valence-corrected chi connectivity index (χ3v) is 5.70. The summed E-state index contributed by atoms with van der Waals surface area (Å²) < 4.78 is 5.69. The molecule has 1 aliphatic rings. The van der Waals surface area contributed by atoms with Crippen molar-refractivity contribution in [3.63, 3.8) is 0 Å². The Morgan fingerprint density at radius 1 is 1.03 bits per heavy atom. The maximum atomic E-state index is 5.69. The molecular weight excluding hydrogens is 362 g/mol. The van der Waals surface area contributed by atoms with Gasteiger partial charge in [-0.3, -0.25) is 4.98 Å². The van der Waals surface area contributed by atoms with Gasteiger partial charge in [-0.1, -0.05) is 49.3 Å². The Bertz CT molecular complexity index is 916. The van der Waals surface area contributed by atoms with Gasteiger partial charge >= 0.3 is 0 Å². The molecule has 1 fully saturated rings. The standard InChI is InChI=1S/C23H29N5O/c1-17(2)20(15-18-7-5-4-6-8-18)23-25-22(26-29-23)21-16-19(9-10-24-21)28-13-11-27(3)12-14-28/h4-10,16-17,20H,11-15H2,1-3H3/t20-/m0/s1. The van der Waals surface area contributed by atoms with Gasteiger partial charge in [-0.05, 0) is 37.1 Å². The largest absolute Gasteiger partial charge is 0.369 e. The molecule has 0 saturated carbocycles. The molecule has 1 saturated heterocycles. The highest BCUT2D eigenvalue weighted by Gasteiger charge is 2.24. The van der Waals surface area contributed by atoms with Crippen LogP contribution in [-0.4, -0.2) is 53.3 Å². The van der Waals surface area contributed by atoms with E-state index in [4.69, 9.17) is 9.51 Å². The number of anilines is 1. The first-order valence-corrected chi connectivity index (χ1v) is 10.4. The van der Waals surface area contributed by atoms with Crippen LogP contribution in [-0.2, 0) is 6.42 Å². The molecule has 3 aromatic rings. The third-order valence-electron chi connectivity index (χ3n) is 5.70. The Morgan fingerprint density at radius 2 is 1.79 bits per heavy atom. The summed E-state index contributed by atoms with van der Waals surface area (Å²) in [6.07, 6.45) is 2.72. The number of rotatable bonds is 6. The summed E-state index contributed by atoms with van der Waals surface area (Å²) in [4.78, 5) is 14.0. The van der Waals surface area contributed by atoms with Crippen molar-refractivity contribution in [2.24, 2.45) is 5.92 Å². The maximum absolute atomic E-state index is 5.69. The minimum atomic E-state index is 0.180. The second kappa shape index (κ2) is 8.74. The molecule has 152 valence electrons. The number of likely N-dealkylation sites (N-methyl/N-ethyl adjacent to an activating group) is 1. The first-order chi connectivity index (χ1) is 14.1. The molecule has 3 heterocycles. The molecular formula is C23H29N5O. The van der Waals surface area contributed by atoms with Crippen LogP contribution in [0.1, 0.15) is 31.2 Å². The molecule has 1 aromatic carbocycles. The molecule has 0 unspecified atom stereocenters. The van der Waals surface area contributed by atoms with E-state index in [0.29, 0.717) is 17.6 Å². The van der Waals surface area contributed by atoms with E-state index < -0.39 is 0 Å². The molecule has 1 atom stereocenters. The van der Waals surface area contributed by atoms with Crippen LogP contribution < -0.4 is 4.90 Å². The molecule has 1 aliphatic heterocycles. The average molecular weight is 392 g/mol. The zero-order valence-electron chi connectivity index (χ0n) is 17.5. The Labute approximate surface area is 172 Å². The van der Waals surface area contributed by atoms with Crippen molar-refractivity contribution in [2.75, 3.05) is 38.1 Å². The molecule has 0 bridgehead atoms. The van der Waals surface area contributed by atoms with E-state index in [9.17, 15) is 0 Å². The van der Waals surface area contributed by atoms with Gasteiger partial charge < -0.3 is 14.3 Å². The number of nitrogens with zero attached hydrogens (tertiary/aromatic N) is 5. The lowest BCUT2D eigenvalue weighted by Crippen LogP contribution is -2.44. The van der Waals surface area contributed by atoms with Gasteiger partial charge in [0.1, 0.15) is 5.69 Å². The summed E-state index contributed by atoms with van der Waals surface area (Å²) in [6, 6.07) is 14.6. The van der Waals surface area contributed by atoms with Gasteiger partial charge in [0.15, 0.2) is 0 Å². The number of benzene rings is 1. The van der Waals surface area contributed by atoms with Gasteiger partial charge in [0.05, 0.1) is 0 Å². The summed E-state index contributed by atoms with van der Waals surface area (Å²) in [6.45, 7) is 8.57. The van der Waals surface area contributed by atoms with Gasteiger partial charge in [0.25, 0.3) is 0 Å². The Balaban J connectivity index is 1.54. The van der Waals surface area contributed by atoms with E-state index in [-0.39, 0.29) is 5.92 Å². The number of aromatic nitrogens is 3. The molecule has 0 amide bonds. The second-order valence-electron chi connectivity index (χ2n) is 8.19. The normalized spacial score (nSPS) is 16.3. The van der Waals surface area contributed by atoms with Crippen LogP contribution in [0.5, 0.6) is 0 Å². The van der Waals surface area contributed by atoms with E-state index in [2.05, 4.69) is 77.2 Å². The van der Waals surface area contributed by atoms with Crippen molar-refractivity contribution in [1.29, 1.82) is 0 Å². The highest BCUT2D eigenvalue weighted by atomic mass is 16.5. The molecule has 6 nitrogen and oxygen atoms in total. The summed E-state index contributed by atoms with van der Waals surface area (Å²) >= 11 is 0.